The molecule has 0 aliphatic heterocycles. The minimum Gasteiger partial charge on any atom is -0.494 e. The van der Waals surface area contributed by atoms with Gasteiger partial charge in [-0.3, -0.25) is 9.59 Å². The number of halogens is 2. The molecule has 2 aromatic rings. The number of nitrogens with zero attached hydrogens (tertiary/aromatic N) is 1. The summed E-state index contributed by atoms with van der Waals surface area (Å²) in [6.45, 7) is 10.4. The molecule has 5 nitrogen and oxygen atoms in total. The van der Waals surface area contributed by atoms with Crippen molar-refractivity contribution in [3.8, 4) is 5.75 Å². The molecule has 0 radical (unpaired) electrons. The third kappa shape index (κ3) is 8.90. The van der Waals surface area contributed by atoms with Gasteiger partial charge in [0.2, 0.25) is 11.8 Å². The summed E-state index contributed by atoms with van der Waals surface area (Å²) in [4.78, 5) is 27.9. The summed E-state index contributed by atoms with van der Waals surface area (Å²) in [7, 11) is 0. The van der Waals surface area contributed by atoms with Crippen molar-refractivity contribution in [2.45, 2.75) is 72.0 Å². The highest BCUT2D eigenvalue weighted by atomic mass is 35.5. The fourth-order valence-corrected chi connectivity index (χ4v) is 3.72. The number of aryl methyl sites for hydroxylation is 1. The van der Waals surface area contributed by atoms with Crippen molar-refractivity contribution in [3.05, 3.63) is 63.6 Å². The average Bonchev–Trinajstić information content (AvgIpc) is 2.73. The highest BCUT2D eigenvalue weighted by Crippen LogP contribution is 2.24. The van der Waals surface area contributed by atoms with Crippen molar-refractivity contribution in [1.29, 1.82) is 0 Å². The number of amides is 2. The quantitative estimate of drug-likeness (QED) is 0.402. The van der Waals surface area contributed by atoms with Gasteiger partial charge in [-0.25, -0.2) is 0 Å². The molecule has 0 unspecified atom stereocenters. The summed E-state index contributed by atoms with van der Waals surface area (Å²) in [5.41, 5.74) is 1.58. The second kappa shape index (κ2) is 12.3. The molecule has 180 valence electrons. The minimum absolute atomic E-state index is 0.107. The van der Waals surface area contributed by atoms with Gasteiger partial charge in [0.05, 0.1) is 16.7 Å². The molecule has 0 fully saturated rings. The first-order valence-electron chi connectivity index (χ1n) is 11.2. The molecule has 0 aromatic heterocycles. The standard InChI is InChI=1S/C26H34Cl2N2O3/c1-6-23(25(32)29-26(3,4)5)30(17-19-11-14-21(27)22(28)16-19)24(31)8-7-15-33-20-12-9-18(2)10-13-20/h9-14,16,23H,6-8,15,17H2,1-5H3,(H,29,32)/t23-/m0/s1. The molecular formula is C26H34Cl2N2O3. The molecule has 1 N–H and O–H groups in total. The van der Waals surface area contributed by atoms with Crippen LogP contribution in [-0.4, -0.2) is 34.9 Å². The molecule has 2 amide bonds. The van der Waals surface area contributed by atoms with Crippen molar-refractivity contribution in [2.24, 2.45) is 0 Å². The summed E-state index contributed by atoms with van der Waals surface area (Å²) < 4.78 is 5.76. The Labute approximate surface area is 207 Å². The van der Waals surface area contributed by atoms with Gasteiger partial charge in [-0.2, -0.15) is 0 Å². The van der Waals surface area contributed by atoms with Crippen LogP contribution >= 0.6 is 23.2 Å². The molecule has 0 aliphatic rings. The van der Waals surface area contributed by atoms with Crippen molar-refractivity contribution >= 4 is 35.0 Å². The maximum atomic E-state index is 13.3. The molecule has 2 rings (SSSR count). The summed E-state index contributed by atoms with van der Waals surface area (Å²) in [5, 5.41) is 3.87. The van der Waals surface area contributed by atoms with Crippen LogP contribution in [-0.2, 0) is 16.1 Å². The van der Waals surface area contributed by atoms with Crippen LogP contribution in [0.15, 0.2) is 42.5 Å². The Morgan fingerprint density at radius 3 is 2.30 bits per heavy atom. The van der Waals surface area contributed by atoms with Gasteiger partial charge in [0.25, 0.3) is 0 Å². The second-order valence-corrected chi connectivity index (χ2v) is 10.0. The number of benzene rings is 2. The molecular weight excluding hydrogens is 459 g/mol. The number of hydrogen-bond donors (Lipinski definition) is 1. The normalized spacial score (nSPS) is 12.2. The number of rotatable bonds is 10. The summed E-state index contributed by atoms with van der Waals surface area (Å²) in [6, 6.07) is 12.5. The Bertz CT molecular complexity index is 940. The van der Waals surface area contributed by atoms with Crippen LogP contribution in [0.2, 0.25) is 10.0 Å². The number of ether oxygens (including phenoxy) is 1. The smallest absolute Gasteiger partial charge is 0.243 e. The van der Waals surface area contributed by atoms with E-state index in [-0.39, 0.29) is 24.8 Å². The summed E-state index contributed by atoms with van der Waals surface area (Å²) >= 11 is 12.2. The fourth-order valence-electron chi connectivity index (χ4n) is 3.40. The van der Waals surface area contributed by atoms with Crippen LogP contribution in [0.25, 0.3) is 0 Å². The van der Waals surface area contributed by atoms with Gasteiger partial charge in [0, 0.05) is 18.5 Å². The lowest BCUT2D eigenvalue weighted by molar-refractivity contribution is -0.142. The minimum atomic E-state index is -0.593. The van der Waals surface area contributed by atoms with Crippen LogP contribution < -0.4 is 10.1 Å². The molecule has 2 aromatic carbocycles. The molecule has 0 aliphatic carbocycles. The average molecular weight is 493 g/mol. The van der Waals surface area contributed by atoms with E-state index >= 15 is 0 Å². The number of hydrogen-bond acceptors (Lipinski definition) is 3. The number of carbonyl (C=O) groups is 2. The van der Waals surface area contributed by atoms with E-state index < -0.39 is 11.6 Å². The fraction of sp³-hybridized carbons (Fsp3) is 0.462. The summed E-state index contributed by atoms with van der Waals surface area (Å²) in [6.07, 6.45) is 1.31. The van der Waals surface area contributed by atoms with Crippen LogP contribution in [0, 0.1) is 6.92 Å². The lowest BCUT2D eigenvalue weighted by Gasteiger charge is -2.33. The molecule has 7 heteroatoms. The summed E-state index contributed by atoms with van der Waals surface area (Å²) in [5.74, 6) is 0.496. The van der Waals surface area contributed by atoms with E-state index in [2.05, 4.69) is 5.32 Å². The Morgan fingerprint density at radius 1 is 1.06 bits per heavy atom. The molecule has 0 saturated heterocycles. The van der Waals surface area contributed by atoms with E-state index in [0.29, 0.717) is 29.5 Å². The van der Waals surface area contributed by atoms with E-state index in [1.807, 2.05) is 65.0 Å². The van der Waals surface area contributed by atoms with Crippen molar-refractivity contribution in [1.82, 2.24) is 10.2 Å². The van der Waals surface area contributed by atoms with E-state index in [0.717, 1.165) is 16.9 Å². The van der Waals surface area contributed by atoms with E-state index in [4.69, 9.17) is 27.9 Å². The third-order valence-electron chi connectivity index (χ3n) is 5.05. The SMILES string of the molecule is CC[C@@H](C(=O)NC(C)(C)C)N(Cc1ccc(Cl)c(Cl)c1)C(=O)CCCOc1ccc(C)cc1. The maximum absolute atomic E-state index is 13.3. The van der Waals surface area contributed by atoms with E-state index in [1.165, 1.54) is 0 Å². The van der Waals surface area contributed by atoms with Gasteiger partial charge in [0.15, 0.2) is 0 Å². The second-order valence-electron chi connectivity index (χ2n) is 9.20. The number of nitrogens with one attached hydrogen (secondary N) is 1. The highest BCUT2D eigenvalue weighted by molar-refractivity contribution is 6.42. The Kier molecular flexibility index (Phi) is 10.1. The largest absolute Gasteiger partial charge is 0.494 e. The monoisotopic (exact) mass is 492 g/mol. The Morgan fingerprint density at radius 2 is 1.73 bits per heavy atom. The molecule has 0 heterocycles. The zero-order valence-electron chi connectivity index (χ0n) is 20.1. The first-order valence-corrected chi connectivity index (χ1v) is 12.0. The van der Waals surface area contributed by atoms with Gasteiger partial charge in [-0.1, -0.05) is 53.9 Å². The molecule has 1 atom stereocenters. The number of carbonyl (C=O) groups excluding carboxylic acids is 2. The van der Waals surface area contributed by atoms with Crippen LogP contribution in [0.1, 0.15) is 58.1 Å². The predicted octanol–water partition coefficient (Wildman–Crippen LogP) is 6.18. The van der Waals surface area contributed by atoms with Crippen LogP contribution in [0.4, 0.5) is 0 Å². The molecule has 0 saturated carbocycles. The Balaban J connectivity index is 2.11. The topological polar surface area (TPSA) is 58.6 Å². The zero-order chi connectivity index (χ0) is 24.6. The van der Waals surface area contributed by atoms with E-state index in [1.54, 1.807) is 17.0 Å². The zero-order valence-corrected chi connectivity index (χ0v) is 21.6. The molecule has 33 heavy (non-hydrogen) atoms. The van der Waals surface area contributed by atoms with Gasteiger partial charge in [-0.15, -0.1) is 0 Å². The highest BCUT2D eigenvalue weighted by Gasteiger charge is 2.30. The van der Waals surface area contributed by atoms with Crippen LogP contribution in [0.5, 0.6) is 5.75 Å². The van der Waals surface area contributed by atoms with Crippen molar-refractivity contribution in [3.63, 3.8) is 0 Å². The van der Waals surface area contributed by atoms with Crippen molar-refractivity contribution in [2.75, 3.05) is 6.61 Å². The van der Waals surface area contributed by atoms with Crippen LogP contribution in [0.3, 0.4) is 0 Å². The Hall–Kier alpha value is -2.24. The molecule has 0 bridgehead atoms. The first-order chi connectivity index (χ1) is 15.5. The van der Waals surface area contributed by atoms with Gasteiger partial charge in [0.1, 0.15) is 11.8 Å². The molecule has 0 spiro atoms. The lowest BCUT2D eigenvalue weighted by atomic mass is 10.0. The van der Waals surface area contributed by atoms with Gasteiger partial charge < -0.3 is 15.0 Å². The maximum Gasteiger partial charge on any atom is 0.243 e. The third-order valence-corrected chi connectivity index (χ3v) is 5.78. The van der Waals surface area contributed by atoms with Gasteiger partial charge in [-0.05, 0) is 70.4 Å². The predicted molar refractivity (Wildman–Crippen MR) is 135 cm³/mol. The first kappa shape index (κ1) is 27.0. The van der Waals surface area contributed by atoms with E-state index in [9.17, 15) is 9.59 Å². The van der Waals surface area contributed by atoms with Crippen molar-refractivity contribution < 1.29 is 14.3 Å². The van der Waals surface area contributed by atoms with Gasteiger partial charge >= 0.3 is 0 Å². The lowest BCUT2D eigenvalue weighted by Crippen LogP contribution is -2.53.